The fourth-order valence-corrected chi connectivity index (χ4v) is 4.68. The summed E-state index contributed by atoms with van der Waals surface area (Å²) in [6.45, 7) is 8.18. The van der Waals surface area contributed by atoms with Crippen molar-refractivity contribution in [1.29, 1.82) is 0 Å². The van der Waals surface area contributed by atoms with E-state index >= 15 is 0 Å². The van der Waals surface area contributed by atoms with Gasteiger partial charge in [-0.3, -0.25) is 0 Å². The smallest absolute Gasteiger partial charge is 0.444 e. The van der Waals surface area contributed by atoms with Crippen LogP contribution in [-0.2, 0) is 21.4 Å². The number of aromatic amines is 1. The number of halogens is 3. The second kappa shape index (κ2) is 11.4. The van der Waals surface area contributed by atoms with Gasteiger partial charge in [0.1, 0.15) is 11.4 Å². The van der Waals surface area contributed by atoms with E-state index < -0.39 is 33.1 Å². The minimum atomic E-state index is -5.82. The van der Waals surface area contributed by atoms with Crippen LogP contribution in [0.2, 0.25) is 0 Å². The van der Waals surface area contributed by atoms with Gasteiger partial charge in [0.05, 0.1) is 18.4 Å². The van der Waals surface area contributed by atoms with Gasteiger partial charge in [0.15, 0.2) is 5.75 Å². The number of imidazole rings is 1. The zero-order valence-corrected chi connectivity index (χ0v) is 23.8. The van der Waals surface area contributed by atoms with Crippen molar-refractivity contribution in [2.75, 3.05) is 6.54 Å². The average Bonchev–Trinajstić information content (AvgIpc) is 3.35. The molecular formula is C29H30F3N3O5S. The number of H-pyrrole nitrogens is 1. The van der Waals surface area contributed by atoms with E-state index in [0.29, 0.717) is 23.3 Å². The van der Waals surface area contributed by atoms with E-state index in [9.17, 15) is 26.4 Å². The summed E-state index contributed by atoms with van der Waals surface area (Å²) in [6.07, 6.45) is 2.02. The molecule has 0 radical (unpaired) electrons. The summed E-state index contributed by atoms with van der Waals surface area (Å²) >= 11 is 0. The maximum Gasteiger partial charge on any atom is 0.534 e. The monoisotopic (exact) mass is 589 g/mol. The van der Waals surface area contributed by atoms with Gasteiger partial charge in [0.25, 0.3) is 0 Å². The van der Waals surface area contributed by atoms with Crippen LogP contribution < -0.4 is 4.18 Å². The van der Waals surface area contributed by atoms with Crippen LogP contribution in [-0.4, -0.2) is 47.0 Å². The van der Waals surface area contributed by atoms with Gasteiger partial charge in [-0.1, -0.05) is 61.5 Å². The highest BCUT2D eigenvalue weighted by molar-refractivity contribution is 7.88. The van der Waals surface area contributed by atoms with Crippen LogP contribution in [0.25, 0.3) is 33.2 Å². The molecule has 1 amide bonds. The van der Waals surface area contributed by atoms with Crippen molar-refractivity contribution in [3.63, 3.8) is 0 Å². The van der Waals surface area contributed by atoms with Gasteiger partial charge in [-0.05, 0) is 55.3 Å². The molecule has 1 N–H and O–H groups in total. The van der Waals surface area contributed by atoms with E-state index in [2.05, 4.69) is 14.2 Å². The Morgan fingerprint density at radius 2 is 1.59 bits per heavy atom. The van der Waals surface area contributed by atoms with E-state index in [4.69, 9.17) is 4.74 Å². The number of benzene rings is 3. The number of amides is 1. The Kier molecular flexibility index (Phi) is 8.34. The molecule has 12 heteroatoms. The van der Waals surface area contributed by atoms with Crippen LogP contribution in [0.5, 0.6) is 5.75 Å². The molecule has 0 atom stereocenters. The highest BCUT2D eigenvalue weighted by atomic mass is 32.2. The van der Waals surface area contributed by atoms with Crippen LogP contribution in [0, 0.1) is 0 Å². The number of fused-ring (bicyclic) bond motifs is 1. The van der Waals surface area contributed by atoms with Crippen molar-refractivity contribution in [1.82, 2.24) is 14.9 Å². The lowest BCUT2D eigenvalue weighted by Crippen LogP contribution is -2.37. The minimum Gasteiger partial charge on any atom is -0.444 e. The zero-order valence-electron chi connectivity index (χ0n) is 22.9. The highest BCUT2D eigenvalue weighted by Crippen LogP contribution is 2.36. The third-order valence-corrected chi connectivity index (χ3v) is 6.95. The Bertz CT molecular complexity index is 1640. The van der Waals surface area contributed by atoms with Crippen LogP contribution in [0.3, 0.4) is 0 Å². The summed E-state index contributed by atoms with van der Waals surface area (Å²) in [6, 6.07) is 16.6. The third-order valence-electron chi connectivity index (χ3n) is 5.99. The third kappa shape index (κ3) is 6.99. The van der Waals surface area contributed by atoms with E-state index in [1.165, 1.54) is 18.2 Å². The number of nitrogens with one attached hydrogen (secondary N) is 1. The normalized spacial score (nSPS) is 12.4. The molecule has 0 aliphatic carbocycles. The van der Waals surface area contributed by atoms with Crippen molar-refractivity contribution in [3.05, 3.63) is 72.7 Å². The highest BCUT2D eigenvalue weighted by Gasteiger charge is 2.48. The first-order valence-electron chi connectivity index (χ1n) is 12.8. The quantitative estimate of drug-likeness (QED) is 0.171. The van der Waals surface area contributed by atoms with Gasteiger partial charge >= 0.3 is 21.7 Å². The summed E-state index contributed by atoms with van der Waals surface area (Å²) in [5, 5.41) is 0.749. The Morgan fingerprint density at radius 1 is 0.951 bits per heavy atom. The second-order valence-corrected chi connectivity index (χ2v) is 11.9. The van der Waals surface area contributed by atoms with Gasteiger partial charge < -0.3 is 18.8 Å². The molecule has 3 aromatic carbocycles. The van der Waals surface area contributed by atoms with Crippen molar-refractivity contribution in [2.45, 2.75) is 51.8 Å². The van der Waals surface area contributed by atoms with E-state index in [0.717, 1.165) is 23.2 Å². The molecule has 0 bridgehead atoms. The summed E-state index contributed by atoms with van der Waals surface area (Å²) in [5.41, 5.74) is -3.15. The molecule has 1 aromatic heterocycles. The second-order valence-electron chi connectivity index (χ2n) is 10.4. The molecule has 0 saturated heterocycles. The van der Waals surface area contributed by atoms with Crippen molar-refractivity contribution < 1.29 is 35.3 Å². The number of hydrogen-bond acceptors (Lipinski definition) is 6. The molecule has 41 heavy (non-hydrogen) atoms. The predicted octanol–water partition coefficient (Wildman–Crippen LogP) is 7.27. The van der Waals surface area contributed by atoms with E-state index in [1.807, 2.05) is 52.0 Å². The number of carbonyl (C=O) groups excluding carboxylic acids is 1. The maximum atomic E-state index is 12.9. The largest absolute Gasteiger partial charge is 0.534 e. The molecule has 8 nitrogen and oxygen atoms in total. The molecule has 4 aromatic rings. The molecule has 0 fully saturated rings. The SMILES string of the molecule is CCCN(Cc1ncc(-c2ccc(-c3cccc4c(OS(=O)(=O)C(F)(F)F)cccc34)cc2)[nH]1)C(=O)OC(C)(C)C. The van der Waals surface area contributed by atoms with E-state index in [-0.39, 0.29) is 11.9 Å². The van der Waals surface area contributed by atoms with Gasteiger partial charge in [0.2, 0.25) is 0 Å². The van der Waals surface area contributed by atoms with Gasteiger partial charge in [0, 0.05) is 11.9 Å². The lowest BCUT2D eigenvalue weighted by atomic mass is 9.97. The molecule has 1 heterocycles. The number of alkyl halides is 3. The Labute approximate surface area is 236 Å². The Hall–Kier alpha value is -4.06. The minimum absolute atomic E-state index is 0.224. The molecule has 0 saturated carbocycles. The predicted molar refractivity (Wildman–Crippen MR) is 150 cm³/mol. The first-order valence-corrected chi connectivity index (χ1v) is 14.2. The number of carbonyl (C=O) groups is 1. The lowest BCUT2D eigenvalue weighted by Gasteiger charge is -2.26. The zero-order chi connectivity index (χ0) is 30.0. The van der Waals surface area contributed by atoms with Crippen LogP contribution in [0.1, 0.15) is 39.9 Å². The molecule has 0 aliphatic heterocycles. The number of hydrogen-bond donors (Lipinski definition) is 1. The van der Waals surface area contributed by atoms with Crippen molar-refractivity contribution in [3.8, 4) is 28.1 Å². The topological polar surface area (TPSA) is 102 Å². The van der Waals surface area contributed by atoms with Crippen molar-refractivity contribution >= 4 is 27.0 Å². The average molecular weight is 590 g/mol. The fourth-order valence-electron chi connectivity index (χ4n) is 4.20. The summed E-state index contributed by atoms with van der Waals surface area (Å²) < 4.78 is 71.8. The molecule has 218 valence electrons. The van der Waals surface area contributed by atoms with Crippen LogP contribution in [0.15, 0.2) is 66.9 Å². The Balaban J connectivity index is 1.57. The van der Waals surface area contributed by atoms with E-state index in [1.54, 1.807) is 29.3 Å². The molecular weight excluding hydrogens is 559 g/mol. The summed E-state index contributed by atoms with van der Waals surface area (Å²) in [7, 11) is -5.82. The van der Waals surface area contributed by atoms with Gasteiger partial charge in [-0.2, -0.15) is 21.6 Å². The first-order chi connectivity index (χ1) is 19.2. The number of rotatable bonds is 8. The molecule has 0 spiro atoms. The standard InChI is InChI=1S/C29H30F3N3O5S/c1-5-16-35(27(36)39-28(2,3)4)18-26-33-17-24(34-26)20-14-12-19(13-15-20)21-8-6-10-23-22(21)9-7-11-25(23)40-41(37,38)29(30,31)32/h6-15,17H,5,16,18H2,1-4H3,(H,33,34). The maximum absolute atomic E-state index is 12.9. The first kappa shape index (κ1) is 29.9. The molecule has 4 rings (SSSR count). The number of aromatic nitrogens is 2. The molecule has 0 unspecified atom stereocenters. The number of nitrogens with zero attached hydrogens (tertiary/aromatic N) is 2. The number of ether oxygens (including phenoxy) is 1. The lowest BCUT2D eigenvalue weighted by molar-refractivity contribution is -0.0499. The van der Waals surface area contributed by atoms with Crippen LogP contribution in [0.4, 0.5) is 18.0 Å². The summed E-state index contributed by atoms with van der Waals surface area (Å²) in [5.74, 6) is 0.186. The molecule has 0 aliphatic rings. The Morgan fingerprint density at radius 3 is 2.22 bits per heavy atom. The van der Waals surface area contributed by atoms with Gasteiger partial charge in [-0.25, -0.2) is 9.78 Å². The fraction of sp³-hybridized carbons (Fsp3) is 0.310. The summed E-state index contributed by atoms with van der Waals surface area (Å²) in [4.78, 5) is 21.9. The van der Waals surface area contributed by atoms with Crippen molar-refractivity contribution in [2.24, 2.45) is 0 Å². The van der Waals surface area contributed by atoms with Crippen LogP contribution >= 0.6 is 0 Å². The van der Waals surface area contributed by atoms with Gasteiger partial charge in [-0.15, -0.1) is 0 Å².